The second-order valence-corrected chi connectivity index (χ2v) is 5.28. The first-order valence-electron chi connectivity index (χ1n) is 6.86. The van der Waals surface area contributed by atoms with Gasteiger partial charge in [0, 0.05) is 26.2 Å². The number of halogens is 3. The molecule has 1 aliphatic rings. The Morgan fingerprint density at radius 2 is 1.81 bits per heavy atom. The molecule has 116 valence electrons. The summed E-state index contributed by atoms with van der Waals surface area (Å²) in [5, 5.41) is 3.09. The molecule has 0 spiro atoms. The Morgan fingerprint density at radius 1 is 1.19 bits per heavy atom. The molecule has 1 fully saturated rings. The van der Waals surface area contributed by atoms with Crippen molar-refractivity contribution >= 4 is 23.0 Å². The Labute approximate surface area is 127 Å². The summed E-state index contributed by atoms with van der Waals surface area (Å²) < 4.78 is 38.8. The van der Waals surface area contributed by atoms with Gasteiger partial charge >= 0.3 is 6.18 Å². The van der Waals surface area contributed by atoms with Gasteiger partial charge in [-0.25, -0.2) is 0 Å². The van der Waals surface area contributed by atoms with Crippen LogP contribution in [0.15, 0.2) is 24.3 Å². The molecule has 1 saturated heterocycles. The van der Waals surface area contributed by atoms with Crippen LogP contribution in [0, 0.1) is 0 Å². The zero-order valence-corrected chi connectivity index (χ0v) is 12.6. The molecule has 0 atom stereocenters. The maximum atomic E-state index is 12.9. The molecule has 0 radical (unpaired) electrons. The number of piperazine rings is 1. The number of para-hydroxylation sites is 1. The molecule has 0 bridgehead atoms. The molecule has 1 aromatic rings. The van der Waals surface area contributed by atoms with Crippen LogP contribution in [0.1, 0.15) is 12.5 Å². The number of benzene rings is 1. The first-order chi connectivity index (χ1) is 9.91. The summed E-state index contributed by atoms with van der Waals surface area (Å²) in [7, 11) is 0. The Hall–Kier alpha value is -1.34. The van der Waals surface area contributed by atoms with Crippen LogP contribution >= 0.6 is 12.2 Å². The average molecular weight is 317 g/mol. The third kappa shape index (κ3) is 4.07. The van der Waals surface area contributed by atoms with E-state index in [0.717, 1.165) is 38.8 Å². The number of hydrogen-bond acceptors (Lipinski definition) is 2. The topological polar surface area (TPSA) is 18.5 Å². The van der Waals surface area contributed by atoms with E-state index in [2.05, 4.69) is 17.1 Å². The van der Waals surface area contributed by atoms with E-state index in [1.807, 2.05) is 4.90 Å². The van der Waals surface area contributed by atoms with Crippen LogP contribution in [0.5, 0.6) is 0 Å². The molecule has 1 heterocycles. The third-order valence-corrected chi connectivity index (χ3v) is 3.94. The van der Waals surface area contributed by atoms with E-state index in [-0.39, 0.29) is 5.69 Å². The van der Waals surface area contributed by atoms with E-state index >= 15 is 0 Å². The summed E-state index contributed by atoms with van der Waals surface area (Å²) in [6.45, 7) is 6.27. The van der Waals surface area contributed by atoms with E-state index in [1.54, 1.807) is 6.07 Å². The van der Waals surface area contributed by atoms with E-state index in [9.17, 15) is 13.2 Å². The molecule has 1 aromatic carbocycles. The van der Waals surface area contributed by atoms with E-state index in [1.165, 1.54) is 12.1 Å². The molecular weight excluding hydrogens is 299 g/mol. The van der Waals surface area contributed by atoms with Gasteiger partial charge in [0.25, 0.3) is 0 Å². The number of hydrogen-bond donors (Lipinski definition) is 1. The monoisotopic (exact) mass is 317 g/mol. The molecule has 2 rings (SSSR count). The highest BCUT2D eigenvalue weighted by Crippen LogP contribution is 2.34. The minimum Gasteiger partial charge on any atom is -0.346 e. The molecule has 0 aliphatic carbocycles. The summed E-state index contributed by atoms with van der Waals surface area (Å²) >= 11 is 5.24. The fourth-order valence-corrected chi connectivity index (χ4v) is 2.59. The molecule has 1 aliphatic heterocycles. The van der Waals surface area contributed by atoms with Gasteiger partial charge in [0.2, 0.25) is 0 Å². The lowest BCUT2D eigenvalue weighted by Gasteiger charge is -2.35. The van der Waals surface area contributed by atoms with Gasteiger partial charge in [-0.1, -0.05) is 19.1 Å². The first-order valence-corrected chi connectivity index (χ1v) is 7.27. The van der Waals surface area contributed by atoms with Crippen molar-refractivity contribution in [2.75, 3.05) is 38.0 Å². The molecule has 7 heteroatoms. The van der Waals surface area contributed by atoms with Gasteiger partial charge in [-0.05, 0) is 30.9 Å². The predicted molar refractivity (Wildman–Crippen MR) is 81.4 cm³/mol. The quantitative estimate of drug-likeness (QED) is 0.845. The molecular formula is C14H18F3N3S. The van der Waals surface area contributed by atoms with Crippen molar-refractivity contribution in [1.29, 1.82) is 0 Å². The number of rotatable bonds is 2. The van der Waals surface area contributed by atoms with Crippen LogP contribution in [0.3, 0.4) is 0 Å². The molecule has 0 amide bonds. The SMILES string of the molecule is CCN1CCN(C(=S)Nc2ccccc2C(F)(F)F)CC1. The van der Waals surface area contributed by atoms with E-state index < -0.39 is 11.7 Å². The van der Waals surface area contributed by atoms with Crippen LogP contribution in [-0.2, 0) is 6.18 Å². The fraction of sp³-hybridized carbons (Fsp3) is 0.500. The summed E-state index contributed by atoms with van der Waals surface area (Å²) in [6.07, 6.45) is -4.39. The molecule has 0 unspecified atom stereocenters. The second-order valence-electron chi connectivity index (χ2n) is 4.89. The Balaban J connectivity index is 2.04. The molecule has 0 saturated carbocycles. The minimum absolute atomic E-state index is 0.00733. The minimum atomic E-state index is -4.39. The summed E-state index contributed by atoms with van der Waals surface area (Å²) in [5.41, 5.74) is -0.688. The fourth-order valence-electron chi connectivity index (χ4n) is 2.30. The lowest BCUT2D eigenvalue weighted by Crippen LogP contribution is -2.49. The van der Waals surface area contributed by atoms with Crippen molar-refractivity contribution in [3.05, 3.63) is 29.8 Å². The largest absolute Gasteiger partial charge is 0.418 e. The second kappa shape index (κ2) is 6.62. The lowest BCUT2D eigenvalue weighted by molar-refractivity contribution is -0.136. The Morgan fingerprint density at radius 3 is 2.38 bits per heavy atom. The zero-order chi connectivity index (χ0) is 15.5. The highest BCUT2D eigenvalue weighted by atomic mass is 32.1. The van der Waals surface area contributed by atoms with Crippen LogP contribution < -0.4 is 5.32 Å². The van der Waals surface area contributed by atoms with Gasteiger partial charge < -0.3 is 15.1 Å². The first kappa shape index (κ1) is 16.0. The number of nitrogens with zero attached hydrogens (tertiary/aromatic N) is 2. The smallest absolute Gasteiger partial charge is 0.346 e. The van der Waals surface area contributed by atoms with Crippen molar-refractivity contribution in [3.63, 3.8) is 0 Å². The predicted octanol–water partition coefficient (Wildman–Crippen LogP) is 3.04. The molecule has 0 aromatic heterocycles. The standard InChI is InChI=1S/C14H18F3N3S/c1-2-19-7-9-20(10-8-19)13(21)18-12-6-4-3-5-11(12)14(15,16)17/h3-6H,2,7-10H2,1H3,(H,18,21). The van der Waals surface area contributed by atoms with Crippen molar-refractivity contribution < 1.29 is 13.2 Å². The van der Waals surface area contributed by atoms with Gasteiger partial charge in [0.15, 0.2) is 5.11 Å². The van der Waals surface area contributed by atoms with Crippen LogP contribution in [-0.4, -0.2) is 47.6 Å². The highest BCUT2D eigenvalue weighted by Gasteiger charge is 2.33. The number of anilines is 1. The number of alkyl halides is 3. The van der Waals surface area contributed by atoms with Crippen molar-refractivity contribution in [1.82, 2.24) is 9.80 Å². The summed E-state index contributed by atoms with van der Waals surface area (Å²) in [4.78, 5) is 4.19. The van der Waals surface area contributed by atoms with Crippen LogP contribution in [0.4, 0.5) is 18.9 Å². The van der Waals surface area contributed by atoms with Gasteiger partial charge in [0.1, 0.15) is 0 Å². The maximum Gasteiger partial charge on any atom is 0.418 e. The van der Waals surface area contributed by atoms with E-state index in [0.29, 0.717) is 5.11 Å². The van der Waals surface area contributed by atoms with Crippen molar-refractivity contribution in [2.45, 2.75) is 13.1 Å². The van der Waals surface area contributed by atoms with Gasteiger partial charge in [-0.2, -0.15) is 13.2 Å². The number of thiocarbonyl (C=S) groups is 1. The lowest BCUT2D eigenvalue weighted by atomic mass is 10.1. The number of likely N-dealkylation sites (N-methyl/N-ethyl adjacent to an activating group) is 1. The van der Waals surface area contributed by atoms with Crippen molar-refractivity contribution in [3.8, 4) is 0 Å². The zero-order valence-electron chi connectivity index (χ0n) is 11.8. The van der Waals surface area contributed by atoms with Crippen molar-refractivity contribution in [2.24, 2.45) is 0 Å². The van der Waals surface area contributed by atoms with Crippen LogP contribution in [0.25, 0.3) is 0 Å². The van der Waals surface area contributed by atoms with Crippen LogP contribution in [0.2, 0.25) is 0 Å². The molecule has 21 heavy (non-hydrogen) atoms. The summed E-state index contributed by atoms with van der Waals surface area (Å²) in [5.74, 6) is 0. The third-order valence-electron chi connectivity index (χ3n) is 3.58. The van der Waals surface area contributed by atoms with E-state index in [4.69, 9.17) is 12.2 Å². The summed E-state index contributed by atoms with van der Waals surface area (Å²) in [6, 6.07) is 5.39. The molecule has 1 N–H and O–H groups in total. The van der Waals surface area contributed by atoms with Gasteiger partial charge in [-0.3, -0.25) is 0 Å². The average Bonchev–Trinajstić information content (AvgIpc) is 2.47. The maximum absolute atomic E-state index is 12.9. The number of nitrogens with one attached hydrogen (secondary N) is 1. The Kier molecular flexibility index (Phi) is 5.05. The molecule has 3 nitrogen and oxygen atoms in total. The normalized spacial score (nSPS) is 16.9. The highest BCUT2D eigenvalue weighted by molar-refractivity contribution is 7.80. The Bertz CT molecular complexity index is 496. The van der Waals surface area contributed by atoms with Gasteiger partial charge in [0.05, 0.1) is 11.3 Å². The van der Waals surface area contributed by atoms with Gasteiger partial charge in [-0.15, -0.1) is 0 Å².